The maximum atomic E-state index is 13.8. The first-order valence-electron chi connectivity index (χ1n) is 8.46. The number of rotatable bonds is 6. The summed E-state index contributed by atoms with van der Waals surface area (Å²) in [5.41, 5.74) is -0.101. The van der Waals surface area contributed by atoms with Gasteiger partial charge in [0.1, 0.15) is 23.1 Å². The zero-order chi connectivity index (χ0) is 21.9. The van der Waals surface area contributed by atoms with E-state index in [1.807, 2.05) is 0 Å². The smallest absolute Gasteiger partial charge is 0.266 e. The topological polar surface area (TPSA) is 66.5 Å². The number of carbonyl (C=O) groups is 1. The van der Waals surface area contributed by atoms with Crippen molar-refractivity contribution >= 4 is 50.5 Å². The zero-order valence-corrected chi connectivity index (χ0v) is 17.5. The second-order valence-corrected chi connectivity index (χ2v) is 8.77. The van der Waals surface area contributed by atoms with E-state index in [1.54, 1.807) is 18.2 Å². The molecule has 5 nitrogen and oxygen atoms in total. The van der Waals surface area contributed by atoms with E-state index < -0.39 is 34.1 Å². The summed E-state index contributed by atoms with van der Waals surface area (Å²) < 4.78 is 54.3. The monoisotopic (exact) mass is 470 g/mol. The molecule has 0 unspecified atom stereocenters. The molecule has 0 aliphatic rings. The Labute approximate surface area is 181 Å². The Kier molecular flexibility index (Phi) is 6.60. The van der Waals surface area contributed by atoms with Crippen molar-refractivity contribution < 1.29 is 22.0 Å². The Morgan fingerprint density at radius 3 is 2.33 bits per heavy atom. The predicted molar refractivity (Wildman–Crippen MR) is 112 cm³/mol. The number of amides is 1. The minimum atomic E-state index is -4.31. The van der Waals surface area contributed by atoms with E-state index in [4.69, 9.17) is 23.2 Å². The number of benzene rings is 3. The van der Waals surface area contributed by atoms with E-state index in [2.05, 4.69) is 5.32 Å². The first-order valence-corrected chi connectivity index (χ1v) is 10.7. The summed E-state index contributed by atoms with van der Waals surface area (Å²) in [6.07, 6.45) is 0. The van der Waals surface area contributed by atoms with Gasteiger partial charge in [-0.2, -0.15) is 0 Å². The van der Waals surface area contributed by atoms with Crippen molar-refractivity contribution in [2.45, 2.75) is 4.90 Å². The second kappa shape index (κ2) is 8.99. The van der Waals surface area contributed by atoms with Crippen molar-refractivity contribution in [1.82, 2.24) is 0 Å². The van der Waals surface area contributed by atoms with E-state index in [0.29, 0.717) is 6.07 Å². The third-order valence-corrected chi connectivity index (χ3v) is 6.49. The summed E-state index contributed by atoms with van der Waals surface area (Å²) in [4.78, 5) is 12.2. The molecular formula is C20H14Cl2F2N2O3S. The average Bonchev–Trinajstić information content (AvgIpc) is 2.70. The van der Waals surface area contributed by atoms with Crippen molar-refractivity contribution in [3.63, 3.8) is 0 Å². The summed E-state index contributed by atoms with van der Waals surface area (Å²) in [5, 5.41) is 2.31. The van der Waals surface area contributed by atoms with E-state index in [9.17, 15) is 22.0 Å². The molecule has 0 bridgehead atoms. The van der Waals surface area contributed by atoms with Gasteiger partial charge in [-0.15, -0.1) is 0 Å². The molecule has 1 amide bonds. The van der Waals surface area contributed by atoms with Gasteiger partial charge >= 0.3 is 0 Å². The van der Waals surface area contributed by atoms with Gasteiger partial charge in [0.25, 0.3) is 10.0 Å². The van der Waals surface area contributed by atoms with Crippen LogP contribution in [0.15, 0.2) is 71.6 Å². The maximum Gasteiger partial charge on any atom is 0.266 e. The standard InChI is InChI=1S/C20H14Cl2F2N2O3S/c21-13-6-8-16(22)19(10-13)30(28,29)26(15-4-2-1-3-5-15)12-20(27)25-18-9-7-14(23)11-17(18)24/h1-11H,12H2,(H,25,27). The minimum absolute atomic E-state index is 0.0784. The second-order valence-electron chi connectivity index (χ2n) is 6.09. The zero-order valence-electron chi connectivity index (χ0n) is 15.2. The van der Waals surface area contributed by atoms with Crippen LogP contribution >= 0.6 is 23.2 Å². The van der Waals surface area contributed by atoms with E-state index >= 15 is 0 Å². The fourth-order valence-electron chi connectivity index (χ4n) is 2.61. The molecule has 0 saturated carbocycles. The molecule has 0 saturated heterocycles. The molecule has 3 aromatic rings. The lowest BCUT2D eigenvalue weighted by atomic mass is 10.3. The fraction of sp³-hybridized carbons (Fsp3) is 0.0500. The predicted octanol–water partition coefficient (Wildman–Crippen LogP) is 5.11. The molecule has 3 aromatic carbocycles. The van der Waals surface area contributed by atoms with Crippen molar-refractivity contribution in [3.05, 3.63) is 88.4 Å². The molecule has 0 aliphatic carbocycles. The molecule has 0 spiro atoms. The van der Waals surface area contributed by atoms with Gasteiger partial charge in [0, 0.05) is 11.1 Å². The molecule has 0 atom stereocenters. The molecular weight excluding hydrogens is 457 g/mol. The van der Waals surface area contributed by atoms with Crippen LogP contribution in [0.5, 0.6) is 0 Å². The average molecular weight is 471 g/mol. The Bertz CT molecular complexity index is 1190. The normalized spacial score (nSPS) is 11.2. The molecule has 0 heterocycles. The van der Waals surface area contributed by atoms with Gasteiger partial charge in [0.2, 0.25) is 5.91 Å². The van der Waals surface area contributed by atoms with Gasteiger partial charge in [-0.3, -0.25) is 9.10 Å². The molecule has 10 heteroatoms. The molecule has 0 aromatic heterocycles. The highest BCUT2D eigenvalue weighted by molar-refractivity contribution is 7.93. The molecule has 1 N–H and O–H groups in total. The van der Waals surface area contributed by atoms with Crippen LogP contribution in [0.2, 0.25) is 10.0 Å². The highest BCUT2D eigenvalue weighted by Gasteiger charge is 2.29. The van der Waals surface area contributed by atoms with Crippen molar-refractivity contribution in [2.75, 3.05) is 16.2 Å². The van der Waals surface area contributed by atoms with Crippen LogP contribution < -0.4 is 9.62 Å². The van der Waals surface area contributed by atoms with Gasteiger partial charge < -0.3 is 5.32 Å². The number of carbonyl (C=O) groups excluding carboxylic acids is 1. The maximum absolute atomic E-state index is 13.8. The number of hydrogen-bond donors (Lipinski definition) is 1. The summed E-state index contributed by atoms with van der Waals surface area (Å²) in [7, 11) is -4.31. The van der Waals surface area contributed by atoms with E-state index in [1.165, 1.54) is 30.3 Å². The SMILES string of the molecule is O=C(CN(c1ccccc1)S(=O)(=O)c1cc(Cl)ccc1Cl)Nc1ccc(F)cc1F. The van der Waals surface area contributed by atoms with E-state index in [0.717, 1.165) is 16.4 Å². The highest BCUT2D eigenvalue weighted by Crippen LogP contribution is 2.30. The minimum Gasteiger partial charge on any atom is -0.322 e. The summed E-state index contributed by atoms with van der Waals surface area (Å²) >= 11 is 12.0. The highest BCUT2D eigenvalue weighted by atomic mass is 35.5. The van der Waals surface area contributed by atoms with Crippen LogP contribution in [0.1, 0.15) is 0 Å². The molecule has 0 radical (unpaired) electrons. The van der Waals surface area contributed by atoms with Crippen LogP contribution in [-0.2, 0) is 14.8 Å². The van der Waals surface area contributed by atoms with Crippen molar-refractivity contribution in [1.29, 1.82) is 0 Å². The van der Waals surface area contributed by atoms with Gasteiger partial charge in [-0.05, 0) is 42.5 Å². The van der Waals surface area contributed by atoms with Gasteiger partial charge in [0.05, 0.1) is 16.4 Å². The number of sulfonamides is 1. The number of halogens is 4. The lowest BCUT2D eigenvalue weighted by Gasteiger charge is -2.24. The number of hydrogen-bond acceptors (Lipinski definition) is 3. The molecule has 156 valence electrons. The lowest BCUT2D eigenvalue weighted by molar-refractivity contribution is -0.114. The van der Waals surface area contributed by atoms with Crippen LogP contribution in [0.3, 0.4) is 0 Å². The lowest BCUT2D eigenvalue weighted by Crippen LogP contribution is -2.38. The Hall–Kier alpha value is -2.68. The Morgan fingerprint density at radius 1 is 0.967 bits per heavy atom. The molecule has 3 rings (SSSR count). The van der Waals surface area contributed by atoms with Crippen LogP contribution in [0.25, 0.3) is 0 Å². The van der Waals surface area contributed by atoms with Gasteiger partial charge in [-0.1, -0.05) is 41.4 Å². The first kappa shape index (κ1) is 22.0. The molecule has 0 aliphatic heterocycles. The third kappa shape index (κ3) is 4.89. The Balaban J connectivity index is 1.97. The quantitative estimate of drug-likeness (QED) is 0.544. The number of para-hydroxylation sites is 1. The Morgan fingerprint density at radius 2 is 1.67 bits per heavy atom. The van der Waals surface area contributed by atoms with E-state index in [-0.39, 0.29) is 26.3 Å². The van der Waals surface area contributed by atoms with Crippen molar-refractivity contribution in [2.24, 2.45) is 0 Å². The molecule has 0 fully saturated rings. The van der Waals surface area contributed by atoms with Crippen molar-refractivity contribution in [3.8, 4) is 0 Å². The van der Waals surface area contributed by atoms with Crippen LogP contribution in [0.4, 0.5) is 20.2 Å². The number of nitrogens with one attached hydrogen (secondary N) is 1. The summed E-state index contributed by atoms with van der Waals surface area (Å²) in [5.74, 6) is -2.64. The number of anilines is 2. The van der Waals surface area contributed by atoms with Crippen LogP contribution in [-0.4, -0.2) is 20.9 Å². The molecule has 30 heavy (non-hydrogen) atoms. The third-order valence-electron chi connectivity index (χ3n) is 4.00. The summed E-state index contributed by atoms with van der Waals surface area (Å²) in [6.45, 7) is -0.688. The van der Waals surface area contributed by atoms with Gasteiger partial charge in [-0.25, -0.2) is 17.2 Å². The number of nitrogens with zero attached hydrogens (tertiary/aromatic N) is 1. The first-order chi connectivity index (χ1) is 14.2. The summed E-state index contributed by atoms with van der Waals surface area (Å²) in [6, 6.07) is 14.4. The fourth-order valence-corrected chi connectivity index (χ4v) is 4.78. The van der Waals surface area contributed by atoms with Crippen LogP contribution in [0, 0.1) is 11.6 Å². The van der Waals surface area contributed by atoms with Gasteiger partial charge in [0.15, 0.2) is 0 Å². The largest absolute Gasteiger partial charge is 0.322 e.